The van der Waals surface area contributed by atoms with Gasteiger partial charge in [-0.3, -0.25) is 18.9 Å². The van der Waals surface area contributed by atoms with Crippen LogP contribution in [-0.4, -0.2) is 61.3 Å². The average Bonchev–Trinajstić information content (AvgIpc) is 3.05. The summed E-state index contributed by atoms with van der Waals surface area (Å²) >= 11 is 0. The minimum absolute atomic E-state index is 0.0381. The number of nitrogens with zero attached hydrogens (tertiary/aromatic N) is 3. The first-order valence-electron chi connectivity index (χ1n) is 6.92. The number of imidazole rings is 1. The van der Waals surface area contributed by atoms with Gasteiger partial charge in [-0.1, -0.05) is 0 Å². The Kier molecular flexibility index (Phi) is 4.62. The summed E-state index contributed by atoms with van der Waals surface area (Å²) in [7, 11) is -3.28. The number of aromatic nitrogens is 4. The first-order valence-corrected chi connectivity index (χ1v) is 8.72. The van der Waals surface area contributed by atoms with E-state index in [0.29, 0.717) is 0 Å². The highest BCUT2D eigenvalue weighted by Gasteiger charge is 2.48. The first-order chi connectivity index (χ1) is 11.7. The van der Waals surface area contributed by atoms with Crippen LogP contribution >= 0.6 is 7.60 Å². The number of fused-ring (bicyclic) bond motifs is 1. The van der Waals surface area contributed by atoms with Crippen molar-refractivity contribution in [3.05, 3.63) is 16.7 Å². The Labute approximate surface area is 138 Å². The minimum Gasteiger partial charge on any atom is -0.373 e. The summed E-state index contributed by atoms with van der Waals surface area (Å²) in [5.41, 5.74) is 4.92. The number of nitrogen functional groups attached to an aromatic ring is 1. The van der Waals surface area contributed by atoms with Crippen LogP contribution in [-0.2, 0) is 18.8 Å². The van der Waals surface area contributed by atoms with Gasteiger partial charge in [0.15, 0.2) is 36.2 Å². The first kappa shape index (κ1) is 17.9. The van der Waals surface area contributed by atoms with Gasteiger partial charge in [-0.25, -0.2) is 9.37 Å². The molecule has 4 atom stereocenters. The van der Waals surface area contributed by atoms with Gasteiger partial charge in [-0.2, -0.15) is 4.98 Å². The summed E-state index contributed by atoms with van der Waals surface area (Å²) in [4.78, 5) is 39.6. The summed E-state index contributed by atoms with van der Waals surface area (Å²) in [5, 5.41) is 0. The topological polar surface area (TPSA) is 175 Å². The molecule has 1 aliphatic rings. The van der Waals surface area contributed by atoms with Gasteiger partial charge < -0.3 is 29.7 Å². The molecule has 14 heteroatoms. The van der Waals surface area contributed by atoms with E-state index in [0.717, 1.165) is 0 Å². The minimum atomic E-state index is -4.51. The number of hydrogen-bond acceptors (Lipinski definition) is 8. The van der Waals surface area contributed by atoms with E-state index < -0.39 is 44.3 Å². The number of rotatable bonds is 5. The van der Waals surface area contributed by atoms with Crippen molar-refractivity contribution in [3.63, 3.8) is 0 Å². The zero-order valence-electron chi connectivity index (χ0n) is 12.8. The third kappa shape index (κ3) is 3.42. The molecule has 0 amide bonds. The highest BCUT2D eigenvalue weighted by Crippen LogP contribution is 2.39. The number of H-pyrrole nitrogens is 1. The van der Waals surface area contributed by atoms with Crippen LogP contribution in [0.15, 0.2) is 11.1 Å². The van der Waals surface area contributed by atoms with Crippen LogP contribution in [0, 0.1) is 0 Å². The van der Waals surface area contributed by atoms with Gasteiger partial charge in [0.2, 0.25) is 5.95 Å². The van der Waals surface area contributed by atoms with E-state index in [1.165, 1.54) is 18.0 Å². The molecule has 25 heavy (non-hydrogen) atoms. The molecule has 12 nitrogen and oxygen atoms in total. The molecular formula is C11H15FN5O7P. The van der Waals surface area contributed by atoms with E-state index in [2.05, 4.69) is 15.0 Å². The number of anilines is 1. The van der Waals surface area contributed by atoms with Gasteiger partial charge in [-0.05, 0) is 0 Å². The standard InChI is InChI=1S/C11H15FN5O7P/c1-22-6-4(12)10(23-3-25(19,20)21)24-9(6)17-2-14-5-7(17)15-11(13)16-8(5)18/h2,4,6,9-10H,3H2,1H3,(H2,19,20,21)(H3,13,15,16,18)/t4?,6-,9-,10+/m1/s1. The van der Waals surface area contributed by atoms with Crippen molar-refractivity contribution in [2.45, 2.75) is 24.8 Å². The monoisotopic (exact) mass is 379 g/mol. The third-order valence-electron chi connectivity index (χ3n) is 3.53. The predicted octanol–water partition coefficient (Wildman–Crippen LogP) is -0.938. The van der Waals surface area contributed by atoms with Gasteiger partial charge >= 0.3 is 7.60 Å². The number of hydrogen-bond donors (Lipinski definition) is 4. The van der Waals surface area contributed by atoms with E-state index in [9.17, 15) is 13.8 Å². The van der Waals surface area contributed by atoms with Crippen LogP contribution in [0.3, 0.4) is 0 Å². The molecule has 2 aromatic rings. The largest absolute Gasteiger partial charge is 0.373 e. The second kappa shape index (κ2) is 6.44. The maximum atomic E-state index is 14.5. The Morgan fingerprint density at radius 1 is 1.56 bits per heavy atom. The van der Waals surface area contributed by atoms with Crippen LogP contribution in [0.5, 0.6) is 0 Å². The van der Waals surface area contributed by atoms with Crippen LogP contribution in [0.1, 0.15) is 6.23 Å². The van der Waals surface area contributed by atoms with Crippen LogP contribution < -0.4 is 11.3 Å². The molecular weight excluding hydrogens is 364 g/mol. The molecule has 1 aliphatic heterocycles. The number of nitrogens with two attached hydrogens (primary N) is 1. The Morgan fingerprint density at radius 3 is 2.92 bits per heavy atom. The van der Waals surface area contributed by atoms with Crippen molar-refractivity contribution >= 4 is 24.7 Å². The summed E-state index contributed by atoms with van der Waals surface area (Å²) in [6.45, 7) is 0. The summed E-state index contributed by atoms with van der Waals surface area (Å²) in [6.07, 6.45) is -5.59. The van der Waals surface area contributed by atoms with Gasteiger partial charge in [0.25, 0.3) is 5.56 Å². The van der Waals surface area contributed by atoms with Gasteiger partial charge in [0, 0.05) is 7.11 Å². The molecule has 1 saturated heterocycles. The van der Waals surface area contributed by atoms with E-state index >= 15 is 0 Å². The summed E-state index contributed by atoms with van der Waals surface area (Å²) < 4.78 is 41.8. The highest BCUT2D eigenvalue weighted by atomic mass is 31.2. The smallest absolute Gasteiger partial charge is 0.351 e. The Bertz CT molecular complexity index is 881. The molecule has 0 aliphatic carbocycles. The van der Waals surface area contributed by atoms with Crippen molar-refractivity contribution < 1.29 is 33.0 Å². The molecule has 0 radical (unpaired) electrons. The number of nitrogens with one attached hydrogen (secondary N) is 1. The zero-order valence-corrected chi connectivity index (χ0v) is 13.7. The quantitative estimate of drug-likeness (QED) is 0.475. The fraction of sp³-hybridized carbons (Fsp3) is 0.545. The predicted molar refractivity (Wildman–Crippen MR) is 80.2 cm³/mol. The number of alkyl halides is 1. The fourth-order valence-electron chi connectivity index (χ4n) is 2.50. The van der Waals surface area contributed by atoms with Gasteiger partial charge in [0.1, 0.15) is 6.10 Å². The molecule has 138 valence electrons. The van der Waals surface area contributed by atoms with Gasteiger partial charge in [-0.15, -0.1) is 0 Å². The normalized spacial score (nSPS) is 27.2. The second-order valence-corrected chi connectivity index (χ2v) is 6.86. The third-order valence-corrected chi connectivity index (χ3v) is 4.02. The molecule has 1 fully saturated rings. The average molecular weight is 379 g/mol. The Morgan fingerprint density at radius 2 is 2.28 bits per heavy atom. The molecule has 0 saturated carbocycles. The lowest BCUT2D eigenvalue weighted by Gasteiger charge is -2.18. The molecule has 3 rings (SSSR count). The molecule has 2 aromatic heterocycles. The maximum absolute atomic E-state index is 14.5. The SMILES string of the molecule is CO[C@@H]1C(F)[C@@H](OCP(=O)(O)O)O[C@H]1n1cnc2c(=O)[nH]c(N)nc21. The lowest BCUT2D eigenvalue weighted by molar-refractivity contribution is -0.158. The highest BCUT2D eigenvalue weighted by molar-refractivity contribution is 7.51. The van der Waals surface area contributed by atoms with Crippen LogP contribution in [0.4, 0.5) is 10.3 Å². The molecule has 5 N–H and O–H groups in total. The van der Waals surface area contributed by atoms with Crippen LogP contribution in [0.2, 0.25) is 0 Å². The van der Waals surface area contributed by atoms with Gasteiger partial charge in [0.05, 0.1) is 6.33 Å². The number of halogens is 1. The molecule has 1 unspecified atom stereocenters. The van der Waals surface area contributed by atoms with Crippen molar-refractivity contribution in [1.82, 2.24) is 19.5 Å². The molecule has 3 heterocycles. The number of aromatic amines is 1. The molecule has 0 spiro atoms. The Balaban J connectivity index is 1.94. The van der Waals surface area contributed by atoms with E-state index in [-0.39, 0.29) is 17.1 Å². The number of ether oxygens (including phenoxy) is 3. The fourth-order valence-corrected chi connectivity index (χ4v) is 2.84. The lowest BCUT2D eigenvalue weighted by atomic mass is 10.2. The maximum Gasteiger partial charge on any atom is 0.351 e. The van der Waals surface area contributed by atoms with Crippen molar-refractivity contribution in [2.75, 3.05) is 19.2 Å². The number of methoxy groups -OCH3 is 1. The molecule has 0 aromatic carbocycles. The molecule has 0 bridgehead atoms. The summed E-state index contributed by atoms with van der Waals surface area (Å²) in [6, 6.07) is 0. The summed E-state index contributed by atoms with van der Waals surface area (Å²) in [5.74, 6) is -0.169. The van der Waals surface area contributed by atoms with Crippen molar-refractivity contribution in [1.29, 1.82) is 0 Å². The van der Waals surface area contributed by atoms with Crippen molar-refractivity contribution in [3.8, 4) is 0 Å². The van der Waals surface area contributed by atoms with E-state index in [4.69, 9.17) is 29.7 Å². The van der Waals surface area contributed by atoms with Crippen LogP contribution in [0.25, 0.3) is 11.2 Å². The van der Waals surface area contributed by atoms with Crippen molar-refractivity contribution in [2.24, 2.45) is 0 Å². The van der Waals surface area contributed by atoms with E-state index in [1.54, 1.807) is 0 Å². The Hall–Kier alpha value is -1.89. The second-order valence-electron chi connectivity index (χ2n) is 5.28. The lowest BCUT2D eigenvalue weighted by Crippen LogP contribution is -2.31. The zero-order chi connectivity index (χ0) is 18.4. The van der Waals surface area contributed by atoms with E-state index in [1.807, 2.05) is 0 Å².